The highest BCUT2D eigenvalue weighted by Gasteiger charge is 2.10. The number of carbonyl (C=O) groups excluding carboxylic acids is 1. The summed E-state index contributed by atoms with van der Waals surface area (Å²) in [5, 5.41) is 13.5. The highest BCUT2D eigenvalue weighted by Crippen LogP contribution is 2.21. The monoisotopic (exact) mass is 340 g/mol. The molecule has 0 spiro atoms. The molecule has 0 unspecified atom stereocenters. The van der Waals surface area contributed by atoms with Crippen LogP contribution in [0.2, 0.25) is 0 Å². The minimum Gasteiger partial charge on any atom is -0.494 e. The van der Waals surface area contributed by atoms with Gasteiger partial charge in [-0.3, -0.25) is 14.9 Å². The molecule has 0 heterocycles. The number of nitro benzene ring substituents is 1. The van der Waals surface area contributed by atoms with Gasteiger partial charge in [0, 0.05) is 23.4 Å². The molecule has 0 saturated heterocycles. The van der Waals surface area contributed by atoms with Crippen molar-refractivity contribution in [1.29, 1.82) is 0 Å². The summed E-state index contributed by atoms with van der Waals surface area (Å²) in [4.78, 5) is 22.3. The van der Waals surface area contributed by atoms with E-state index in [0.717, 1.165) is 17.7 Å². The van der Waals surface area contributed by atoms with Crippen LogP contribution in [0, 0.1) is 17.0 Å². The Hall–Kier alpha value is -3.15. The molecule has 1 amide bonds. The second-order valence-corrected chi connectivity index (χ2v) is 5.50. The van der Waals surface area contributed by atoms with E-state index >= 15 is 0 Å². The lowest BCUT2D eigenvalue weighted by Gasteiger charge is -2.05. The van der Waals surface area contributed by atoms with E-state index in [1.165, 1.54) is 18.2 Å². The van der Waals surface area contributed by atoms with Crippen LogP contribution in [0.5, 0.6) is 5.75 Å². The third kappa shape index (κ3) is 5.46. The fourth-order valence-corrected chi connectivity index (χ4v) is 2.19. The number of nitro groups is 1. The number of rotatable bonds is 7. The number of carbonyl (C=O) groups is 1. The molecule has 0 aromatic heterocycles. The first kappa shape index (κ1) is 18.2. The Morgan fingerprint density at radius 1 is 1.24 bits per heavy atom. The fourth-order valence-electron chi connectivity index (χ4n) is 2.19. The van der Waals surface area contributed by atoms with Gasteiger partial charge >= 0.3 is 0 Å². The van der Waals surface area contributed by atoms with E-state index in [9.17, 15) is 14.9 Å². The average molecular weight is 340 g/mol. The maximum absolute atomic E-state index is 12.0. The summed E-state index contributed by atoms with van der Waals surface area (Å²) in [7, 11) is 0. The van der Waals surface area contributed by atoms with Crippen molar-refractivity contribution in [2.45, 2.75) is 20.3 Å². The summed E-state index contributed by atoms with van der Waals surface area (Å²) in [5.74, 6) is 0.490. The van der Waals surface area contributed by atoms with E-state index in [4.69, 9.17) is 4.74 Å². The molecule has 0 radical (unpaired) electrons. The minimum absolute atomic E-state index is 0.0268. The van der Waals surface area contributed by atoms with Crippen LogP contribution in [0.4, 0.5) is 11.4 Å². The fraction of sp³-hybridized carbons (Fsp3) is 0.211. The van der Waals surface area contributed by atoms with E-state index in [1.807, 2.05) is 31.2 Å². The molecule has 6 heteroatoms. The second-order valence-electron chi connectivity index (χ2n) is 5.50. The first-order valence-corrected chi connectivity index (χ1v) is 7.96. The van der Waals surface area contributed by atoms with Crippen LogP contribution in [-0.4, -0.2) is 17.4 Å². The Morgan fingerprint density at radius 3 is 2.56 bits per heavy atom. The largest absolute Gasteiger partial charge is 0.494 e. The van der Waals surface area contributed by atoms with Crippen LogP contribution in [0.15, 0.2) is 48.5 Å². The van der Waals surface area contributed by atoms with E-state index < -0.39 is 4.92 Å². The summed E-state index contributed by atoms with van der Waals surface area (Å²) in [5.41, 5.74) is 1.91. The molecular formula is C19H20N2O4. The zero-order valence-corrected chi connectivity index (χ0v) is 14.2. The third-order valence-corrected chi connectivity index (χ3v) is 3.44. The molecule has 25 heavy (non-hydrogen) atoms. The standard InChI is InChI=1S/C19H20N2O4/c1-3-12-25-17-8-4-15(5-9-17)6-11-19(22)20-16-7-10-18(21(23)24)14(2)13-16/h4-11,13H,3,12H2,1-2H3,(H,20,22)/b11-6+. The maximum Gasteiger partial charge on any atom is 0.272 e. The van der Waals surface area contributed by atoms with E-state index in [2.05, 4.69) is 5.32 Å². The molecule has 0 bridgehead atoms. The Bertz CT molecular complexity index is 783. The molecule has 0 fully saturated rings. The van der Waals surface area contributed by atoms with Crippen LogP contribution < -0.4 is 10.1 Å². The summed E-state index contributed by atoms with van der Waals surface area (Å²) in [6.45, 7) is 4.35. The Morgan fingerprint density at radius 2 is 1.96 bits per heavy atom. The van der Waals surface area contributed by atoms with Crippen LogP contribution in [0.3, 0.4) is 0 Å². The van der Waals surface area contributed by atoms with Crippen LogP contribution >= 0.6 is 0 Å². The van der Waals surface area contributed by atoms with Crippen molar-refractivity contribution in [3.8, 4) is 5.75 Å². The van der Waals surface area contributed by atoms with Gasteiger partial charge in [0.05, 0.1) is 11.5 Å². The molecule has 0 aliphatic rings. The first-order valence-electron chi connectivity index (χ1n) is 7.96. The molecular weight excluding hydrogens is 320 g/mol. The lowest BCUT2D eigenvalue weighted by Crippen LogP contribution is -2.08. The second kappa shape index (κ2) is 8.63. The summed E-state index contributed by atoms with van der Waals surface area (Å²) < 4.78 is 5.50. The maximum atomic E-state index is 12.0. The highest BCUT2D eigenvalue weighted by atomic mass is 16.6. The van der Waals surface area contributed by atoms with Crippen molar-refractivity contribution < 1.29 is 14.5 Å². The lowest BCUT2D eigenvalue weighted by atomic mass is 10.1. The van der Waals surface area contributed by atoms with Crippen LogP contribution in [-0.2, 0) is 4.79 Å². The number of anilines is 1. The molecule has 130 valence electrons. The van der Waals surface area contributed by atoms with Gasteiger partial charge in [-0.15, -0.1) is 0 Å². The van der Waals surface area contributed by atoms with Crippen molar-refractivity contribution in [1.82, 2.24) is 0 Å². The van der Waals surface area contributed by atoms with Gasteiger partial charge < -0.3 is 10.1 Å². The number of ether oxygens (including phenoxy) is 1. The van der Waals surface area contributed by atoms with Gasteiger partial charge in [0.1, 0.15) is 5.75 Å². The van der Waals surface area contributed by atoms with Gasteiger partial charge in [-0.25, -0.2) is 0 Å². The number of nitrogens with zero attached hydrogens (tertiary/aromatic N) is 1. The first-order chi connectivity index (χ1) is 12.0. The highest BCUT2D eigenvalue weighted by molar-refractivity contribution is 6.02. The van der Waals surface area contributed by atoms with Crippen molar-refractivity contribution in [2.24, 2.45) is 0 Å². The third-order valence-electron chi connectivity index (χ3n) is 3.44. The minimum atomic E-state index is -0.450. The predicted molar refractivity (Wildman–Crippen MR) is 97.7 cm³/mol. The number of nitrogens with one attached hydrogen (secondary N) is 1. The van der Waals surface area contributed by atoms with Crippen molar-refractivity contribution >= 4 is 23.4 Å². The van der Waals surface area contributed by atoms with Gasteiger partial charge in [-0.05, 0) is 49.2 Å². The van der Waals surface area contributed by atoms with E-state index in [0.29, 0.717) is 17.9 Å². The zero-order valence-electron chi connectivity index (χ0n) is 14.2. The number of benzene rings is 2. The SMILES string of the molecule is CCCOc1ccc(/C=C/C(=O)Nc2ccc([N+](=O)[O-])c(C)c2)cc1. The van der Waals surface area contributed by atoms with Crippen molar-refractivity contribution in [3.05, 3.63) is 69.8 Å². The van der Waals surface area contributed by atoms with Gasteiger partial charge in [-0.2, -0.15) is 0 Å². The molecule has 0 aliphatic heterocycles. The quantitative estimate of drug-likeness (QED) is 0.462. The van der Waals surface area contributed by atoms with Crippen LogP contribution in [0.1, 0.15) is 24.5 Å². The van der Waals surface area contributed by atoms with E-state index in [-0.39, 0.29) is 11.6 Å². The molecule has 0 aliphatic carbocycles. The molecule has 2 rings (SSSR count). The molecule has 0 saturated carbocycles. The number of hydrogen-bond donors (Lipinski definition) is 1. The van der Waals surface area contributed by atoms with Gasteiger partial charge in [0.15, 0.2) is 0 Å². The molecule has 2 aromatic rings. The van der Waals surface area contributed by atoms with Crippen LogP contribution in [0.25, 0.3) is 6.08 Å². The summed E-state index contributed by atoms with van der Waals surface area (Å²) in [6, 6.07) is 11.9. The number of aryl methyl sites for hydroxylation is 1. The average Bonchev–Trinajstić information content (AvgIpc) is 2.59. The van der Waals surface area contributed by atoms with Crippen molar-refractivity contribution in [3.63, 3.8) is 0 Å². The number of amides is 1. The Balaban J connectivity index is 1.96. The Labute approximate surface area is 146 Å². The number of hydrogen-bond acceptors (Lipinski definition) is 4. The van der Waals surface area contributed by atoms with E-state index in [1.54, 1.807) is 19.1 Å². The van der Waals surface area contributed by atoms with Gasteiger partial charge in [-0.1, -0.05) is 19.1 Å². The Kier molecular flexibility index (Phi) is 6.28. The summed E-state index contributed by atoms with van der Waals surface area (Å²) in [6.07, 6.45) is 4.06. The molecule has 6 nitrogen and oxygen atoms in total. The zero-order chi connectivity index (χ0) is 18.2. The lowest BCUT2D eigenvalue weighted by molar-refractivity contribution is -0.385. The topological polar surface area (TPSA) is 81.5 Å². The molecule has 2 aromatic carbocycles. The van der Waals surface area contributed by atoms with Crippen molar-refractivity contribution in [2.75, 3.05) is 11.9 Å². The predicted octanol–water partition coefficient (Wildman–Crippen LogP) is 4.34. The molecule has 0 atom stereocenters. The van der Waals surface area contributed by atoms with Gasteiger partial charge in [0.2, 0.25) is 5.91 Å². The normalized spacial score (nSPS) is 10.6. The molecule has 1 N–H and O–H groups in total. The summed E-state index contributed by atoms with van der Waals surface area (Å²) >= 11 is 0. The smallest absolute Gasteiger partial charge is 0.272 e. The van der Waals surface area contributed by atoms with Gasteiger partial charge in [0.25, 0.3) is 5.69 Å².